The van der Waals surface area contributed by atoms with Crippen LogP contribution in [0, 0.1) is 11.8 Å². The number of benzene rings is 2. The number of imidazole rings is 1. The van der Waals surface area contributed by atoms with Crippen molar-refractivity contribution >= 4 is 53.2 Å². The molecule has 0 aliphatic rings. The van der Waals surface area contributed by atoms with Crippen molar-refractivity contribution in [2.75, 3.05) is 6.54 Å². The topological polar surface area (TPSA) is 365 Å². The molecular formula is C49H72N12O10. The highest BCUT2D eigenvalue weighted by Crippen LogP contribution is 2.13. The van der Waals surface area contributed by atoms with E-state index in [1.54, 1.807) is 74.5 Å². The maximum atomic E-state index is 14.3. The van der Waals surface area contributed by atoms with Gasteiger partial charge in [-0.2, -0.15) is 0 Å². The summed E-state index contributed by atoms with van der Waals surface area (Å²) in [5.41, 5.74) is 19.1. The van der Waals surface area contributed by atoms with Gasteiger partial charge in [0.2, 0.25) is 47.3 Å². The predicted octanol–water partition coefficient (Wildman–Crippen LogP) is -0.640. The average Bonchev–Trinajstić information content (AvgIpc) is 3.84. The number of unbranched alkanes of at least 4 members (excludes halogenated alkanes) is 1. The van der Waals surface area contributed by atoms with Gasteiger partial charge in [0, 0.05) is 37.6 Å². The van der Waals surface area contributed by atoms with Crippen molar-refractivity contribution in [3.63, 3.8) is 0 Å². The average molecular weight is 989 g/mol. The van der Waals surface area contributed by atoms with Gasteiger partial charge in [-0.25, -0.2) is 4.98 Å². The van der Waals surface area contributed by atoms with Crippen molar-refractivity contribution in [1.82, 2.24) is 47.2 Å². The second kappa shape index (κ2) is 29.7. The van der Waals surface area contributed by atoms with Crippen molar-refractivity contribution in [3.05, 3.63) is 90.0 Å². The molecule has 22 heteroatoms. The number of nitrogens with two attached hydrogens (primary N) is 3. The van der Waals surface area contributed by atoms with Crippen LogP contribution in [0.2, 0.25) is 0 Å². The molecule has 0 bridgehead atoms. The molecule has 0 spiro atoms. The van der Waals surface area contributed by atoms with E-state index in [9.17, 15) is 48.3 Å². The molecule has 1 aromatic heterocycles. The summed E-state index contributed by atoms with van der Waals surface area (Å²) in [7, 11) is 0. The Bertz CT molecular complexity index is 2210. The van der Waals surface area contributed by atoms with Gasteiger partial charge < -0.3 is 64.5 Å². The van der Waals surface area contributed by atoms with E-state index in [-0.39, 0.29) is 57.4 Å². The Labute approximate surface area is 413 Å². The minimum atomic E-state index is -1.33. The SMILES string of the molecule is CC(C)CC(NC(=O)C(CCCCN)NC(=O)C(CCC(N)=O)NC(=O)C(N)Cc1cnc[nH]1)C(=O)NC(C(=O)NC(Cc1ccccc1)C(=O)NC(Cc1ccccc1)C(=O)NC(C)C(=O)O)C(C)C. The second-order valence-corrected chi connectivity index (χ2v) is 18.3. The number of hydrogen-bond acceptors (Lipinski definition) is 12. The van der Waals surface area contributed by atoms with Crippen LogP contribution in [0.1, 0.15) is 90.0 Å². The van der Waals surface area contributed by atoms with E-state index in [2.05, 4.69) is 47.2 Å². The number of hydrogen-bond donors (Lipinski definition) is 12. The number of H-pyrrole nitrogens is 1. The summed E-state index contributed by atoms with van der Waals surface area (Å²) in [5, 5.41) is 28.1. The lowest BCUT2D eigenvalue weighted by atomic mass is 9.98. The zero-order chi connectivity index (χ0) is 52.6. The van der Waals surface area contributed by atoms with Crippen LogP contribution in [0.5, 0.6) is 0 Å². The van der Waals surface area contributed by atoms with Crippen molar-refractivity contribution in [2.45, 2.75) is 141 Å². The van der Waals surface area contributed by atoms with E-state index in [1.165, 1.54) is 19.4 Å². The van der Waals surface area contributed by atoms with E-state index in [0.717, 1.165) is 0 Å². The number of rotatable bonds is 31. The number of aliphatic carboxylic acids is 1. The first-order valence-electron chi connectivity index (χ1n) is 23.8. The smallest absolute Gasteiger partial charge is 0.325 e. The number of carboxylic acid groups (broad SMARTS) is 1. The summed E-state index contributed by atoms with van der Waals surface area (Å²) >= 11 is 0. The molecule has 22 nitrogen and oxygen atoms in total. The normalized spacial score (nSPS) is 14.5. The van der Waals surface area contributed by atoms with Gasteiger partial charge in [-0.1, -0.05) is 88.4 Å². The Morgan fingerprint density at radius 1 is 0.592 bits per heavy atom. The Kier molecular flexibility index (Phi) is 24.3. The van der Waals surface area contributed by atoms with Crippen LogP contribution >= 0.6 is 0 Å². The number of amides is 8. The van der Waals surface area contributed by atoms with Crippen LogP contribution < -0.4 is 54.4 Å². The number of nitrogens with one attached hydrogen (secondary N) is 8. The molecule has 71 heavy (non-hydrogen) atoms. The molecule has 8 unspecified atom stereocenters. The number of aromatic amines is 1. The quantitative estimate of drug-likeness (QED) is 0.0358. The summed E-state index contributed by atoms with van der Waals surface area (Å²) in [6.07, 6.45) is 3.50. The number of aromatic nitrogens is 2. The Balaban J connectivity index is 1.86. The lowest BCUT2D eigenvalue weighted by Crippen LogP contribution is -2.61. The van der Waals surface area contributed by atoms with Crippen molar-refractivity contribution in [1.29, 1.82) is 0 Å². The number of primary amides is 1. The van der Waals surface area contributed by atoms with Crippen LogP contribution in [0.15, 0.2) is 73.2 Å². The van der Waals surface area contributed by atoms with Gasteiger partial charge in [0.1, 0.15) is 42.3 Å². The second-order valence-electron chi connectivity index (χ2n) is 18.3. The fraction of sp³-hybridized carbons (Fsp3) is 0.510. The van der Waals surface area contributed by atoms with Crippen LogP contribution in [0.25, 0.3) is 0 Å². The van der Waals surface area contributed by atoms with Crippen molar-refractivity contribution in [3.8, 4) is 0 Å². The standard InChI is InChI=1S/C49H72N12O10/c1-28(2)22-37(58-43(64)35(18-12-13-21-50)57-44(65)36(19-20-40(52)62)56-42(63)34(51)25-33-26-53-27-54-33)47(68)61-41(29(3)4)48(69)60-39(24-32-16-10-7-11-17-32)46(67)59-38(23-31-14-8-6-9-15-31)45(66)55-30(5)49(70)71/h6-11,14-17,26-30,34-39,41H,12-13,18-25,50-51H2,1-5H3,(H2,52,62)(H,53,54)(H,55,66)(H,56,63)(H,57,65)(H,58,64)(H,59,67)(H,60,69)(H,61,68)(H,70,71). The molecule has 0 saturated heterocycles. The van der Waals surface area contributed by atoms with Crippen molar-refractivity contribution < 1.29 is 48.3 Å². The number of carbonyl (C=O) groups excluding carboxylic acids is 8. The molecule has 388 valence electrons. The maximum absolute atomic E-state index is 14.3. The first kappa shape index (κ1) is 58.1. The van der Waals surface area contributed by atoms with Crippen LogP contribution in [-0.2, 0) is 62.4 Å². The molecule has 0 fully saturated rings. The lowest BCUT2D eigenvalue weighted by molar-refractivity contribution is -0.141. The molecule has 3 aromatic rings. The zero-order valence-corrected chi connectivity index (χ0v) is 41.1. The third kappa shape index (κ3) is 20.7. The third-order valence-corrected chi connectivity index (χ3v) is 11.4. The number of carbonyl (C=O) groups is 9. The monoisotopic (exact) mass is 989 g/mol. The molecule has 15 N–H and O–H groups in total. The third-order valence-electron chi connectivity index (χ3n) is 11.4. The first-order chi connectivity index (χ1) is 33.7. The summed E-state index contributed by atoms with van der Waals surface area (Å²) in [6.45, 7) is 8.57. The highest BCUT2D eigenvalue weighted by Gasteiger charge is 2.35. The van der Waals surface area contributed by atoms with Crippen LogP contribution in [-0.4, -0.2) is 123 Å². The predicted molar refractivity (Wildman–Crippen MR) is 263 cm³/mol. The lowest BCUT2D eigenvalue weighted by Gasteiger charge is -2.29. The van der Waals surface area contributed by atoms with Gasteiger partial charge in [-0.05, 0) is 68.5 Å². The van der Waals surface area contributed by atoms with Crippen molar-refractivity contribution in [2.24, 2.45) is 29.0 Å². The first-order valence-corrected chi connectivity index (χ1v) is 23.8. The molecule has 3 rings (SSSR count). The molecule has 0 radical (unpaired) electrons. The molecule has 0 aliphatic carbocycles. The highest BCUT2D eigenvalue weighted by molar-refractivity contribution is 5.98. The van der Waals surface area contributed by atoms with Gasteiger partial charge in [0.05, 0.1) is 12.4 Å². The number of carboxylic acids is 1. The van der Waals surface area contributed by atoms with E-state index < -0.39 is 107 Å². The summed E-state index contributed by atoms with van der Waals surface area (Å²) in [6, 6.07) is 7.57. The fourth-order valence-corrected chi connectivity index (χ4v) is 7.39. The summed E-state index contributed by atoms with van der Waals surface area (Å²) in [4.78, 5) is 127. The van der Waals surface area contributed by atoms with Gasteiger partial charge in [-0.15, -0.1) is 0 Å². The Morgan fingerprint density at radius 2 is 1.07 bits per heavy atom. The maximum Gasteiger partial charge on any atom is 0.325 e. The molecule has 2 aromatic carbocycles. The highest BCUT2D eigenvalue weighted by atomic mass is 16.4. The number of nitrogens with zero attached hydrogens (tertiary/aromatic N) is 1. The van der Waals surface area contributed by atoms with Crippen LogP contribution in [0.4, 0.5) is 0 Å². The molecule has 8 amide bonds. The van der Waals surface area contributed by atoms with E-state index in [1.807, 2.05) is 13.8 Å². The molecular weight excluding hydrogens is 917 g/mol. The molecule has 0 saturated carbocycles. The Hall–Kier alpha value is -7.20. The summed E-state index contributed by atoms with van der Waals surface area (Å²) < 4.78 is 0. The molecule has 1 heterocycles. The van der Waals surface area contributed by atoms with E-state index >= 15 is 0 Å². The van der Waals surface area contributed by atoms with Crippen LogP contribution in [0.3, 0.4) is 0 Å². The van der Waals surface area contributed by atoms with Gasteiger partial charge >= 0.3 is 5.97 Å². The van der Waals surface area contributed by atoms with E-state index in [0.29, 0.717) is 29.7 Å². The zero-order valence-electron chi connectivity index (χ0n) is 41.1. The minimum absolute atomic E-state index is 0.00358. The van der Waals surface area contributed by atoms with Gasteiger partial charge in [0.25, 0.3) is 0 Å². The summed E-state index contributed by atoms with van der Waals surface area (Å²) in [5.74, 6) is -8.00. The molecule has 0 aliphatic heterocycles. The minimum Gasteiger partial charge on any atom is -0.480 e. The van der Waals surface area contributed by atoms with E-state index in [4.69, 9.17) is 17.2 Å². The Morgan fingerprint density at radius 3 is 1.56 bits per heavy atom. The fourth-order valence-electron chi connectivity index (χ4n) is 7.39. The van der Waals surface area contributed by atoms with Gasteiger partial charge in [0.15, 0.2) is 0 Å². The van der Waals surface area contributed by atoms with Gasteiger partial charge in [-0.3, -0.25) is 43.2 Å². The molecule has 8 atom stereocenters. The largest absolute Gasteiger partial charge is 0.480 e.